The van der Waals surface area contributed by atoms with E-state index in [-0.39, 0.29) is 11.0 Å². The Morgan fingerprint density at radius 1 is 1.21 bits per heavy atom. The summed E-state index contributed by atoms with van der Waals surface area (Å²) in [7, 11) is 0. The molecule has 2 fully saturated rings. The van der Waals surface area contributed by atoms with Gasteiger partial charge in [0, 0.05) is 24.1 Å². The molecular formula is C16H31NO2. The van der Waals surface area contributed by atoms with Crippen molar-refractivity contribution in [3.63, 3.8) is 0 Å². The lowest BCUT2D eigenvalue weighted by atomic mass is 9.75. The molecule has 2 rings (SSSR count). The van der Waals surface area contributed by atoms with Crippen LogP contribution in [0.3, 0.4) is 0 Å². The predicted molar refractivity (Wildman–Crippen MR) is 78.4 cm³/mol. The molecule has 0 aromatic carbocycles. The van der Waals surface area contributed by atoms with E-state index in [0.29, 0.717) is 18.3 Å². The van der Waals surface area contributed by atoms with Crippen molar-refractivity contribution in [2.75, 3.05) is 13.2 Å². The van der Waals surface area contributed by atoms with Crippen LogP contribution in [0.1, 0.15) is 60.3 Å². The zero-order valence-electron chi connectivity index (χ0n) is 13.3. The fraction of sp³-hybridized carbons (Fsp3) is 1.00. The van der Waals surface area contributed by atoms with E-state index in [2.05, 4.69) is 39.9 Å². The lowest BCUT2D eigenvalue weighted by molar-refractivity contribution is -0.00675. The molecule has 4 atom stereocenters. The van der Waals surface area contributed by atoms with Crippen LogP contribution in [0.4, 0.5) is 0 Å². The third kappa shape index (κ3) is 3.93. The van der Waals surface area contributed by atoms with E-state index in [9.17, 15) is 0 Å². The molecule has 19 heavy (non-hydrogen) atoms. The zero-order chi connectivity index (χ0) is 14.1. The molecule has 0 bridgehead atoms. The van der Waals surface area contributed by atoms with Gasteiger partial charge in [0.25, 0.3) is 0 Å². The molecule has 0 spiro atoms. The summed E-state index contributed by atoms with van der Waals surface area (Å²) in [4.78, 5) is 0. The normalized spacial score (nSPS) is 39.9. The van der Waals surface area contributed by atoms with Crippen LogP contribution in [-0.4, -0.2) is 37.0 Å². The SMILES string of the molecule is CC1CCC(CC2(CNC(C)(C)C)CCOC2C)O1. The van der Waals surface area contributed by atoms with E-state index in [1.54, 1.807) is 0 Å². The average molecular weight is 269 g/mol. The molecule has 1 N–H and O–H groups in total. The Kier molecular flexibility index (Phi) is 4.59. The first-order chi connectivity index (χ1) is 8.81. The van der Waals surface area contributed by atoms with E-state index in [4.69, 9.17) is 9.47 Å². The molecule has 0 aromatic heterocycles. The highest BCUT2D eigenvalue weighted by Crippen LogP contribution is 2.42. The molecule has 2 heterocycles. The number of hydrogen-bond donors (Lipinski definition) is 1. The summed E-state index contributed by atoms with van der Waals surface area (Å²) >= 11 is 0. The average Bonchev–Trinajstić information content (AvgIpc) is 2.84. The Morgan fingerprint density at radius 3 is 2.42 bits per heavy atom. The first-order valence-corrected chi connectivity index (χ1v) is 7.83. The van der Waals surface area contributed by atoms with E-state index in [1.165, 1.54) is 12.8 Å². The summed E-state index contributed by atoms with van der Waals surface area (Å²) in [5.41, 5.74) is 0.418. The maximum absolute atomic E-state index is 6.05. The van der Waals surface area contributed by atoms with Crippen molar-refractivity contribution >= 4 is 0 Å². The Bertz CT molecular complexity index is 300. The lowest BCUT2D eigenvalue weighted by Crippen LogP contribution is -2.48. The van der Waals surface area contributed by atoms with Crippen molar-refractivity contribution in [1.82, 2.24) is 5.32 Å². The summed E-state index contributed by atoms with van der Waals surface area (Å²) in [5, 5.41) is 3.68. The largest absolute Gasteiger partial charge is 0.378 e. The van der Waals surface area contributed by atoms with E-state index >= 15 is 0 Å². The molecule has 0 aliphatic carbocycles. The van der Waals surface area contributed by atoms with Crippen LogP contribution in [0.15, 0.2) is 0 Å². The fourth-order valence-electron chi connectivity index (χ4n) is 3.32. The summed E-state index contributed by atoms with van der Waals surface area (Å²) in [6, 6.07) is 0. The predicted octanol–water partition coefficient (Wildman–Crippen LogP) is 3.13. The van der Waals surface area contributed by atoms with Gasteiger partial charge in [-0.1, -0.05) is 0 Å². The Balaban J connectivity index is 1.99. The van der Waals surface area contributed by atoms with Gasteiger partial charge in [-0.2, -0.15) is 0 Å². The van der Waals surface area contributed by atoms with Crippen LogP contribution < -0.4 is 5.32 Å². The highest BCUT2D eigenvalue weighted by molar-refractivity contribution is 4.95. The van der Waals surface area contributed by atoms with Gasteiger partial charge in [-0.05, 0) is 60.3 Å². The minimum Gasteiger partial charge on any atom is -0.378 e. The van der Waals surface area contributed by atoms with Gasteiger partial charge in [-0.3, -0.25) is 0 Å². The lowest BCUT2D eigenvalue weighted by Gasteiger charge is -2.37. The monoisotopic (exact) mass is 269 g/mol. The number of hydrogen-bond acceptors (Lipinski definition) is 3. The van der Waals surface area contributed by atoms with Crippen molar-refractivity contribution in [2.45, 2.75) is 84.2 Å². The van der Waals surface area contributed by atoms with E-state index in [1.807, 2.05) is 0 Å². The van der Waals surface area contributed by atoms with Gasteiger partial charge in [0.2, 0.25) is 0 Å². The second-order valence-electron chi connectivity index (χ2n) is 7.58. The molecule has 3 heteroatoms. The number of ether oxygens (including phenoxy) is 2. The van der Waals surface area contributed by atoms with Crippen molar-refractivity contribution < 1.29 is 9.47 Å². The highest BCUT2D eigenvalue weighted by Gasteiger charge is 2.44. The number of nitrogens with one attached hydrogen (secondary N) is 1. The maximum Gasteiger partial charge on any atom is 0.0617 e. The van der Waals surface area contributed by atoms with E-state index < -0.39 is 0 Å². The van der Waals surface area contributed by atoms with Crippen LogP contribution in [0, 0.1) is 5.41 Å². The molecule has 112 valence electrons. The van der Waals surface area contributed by atoms with Crippen LogP contribution >= 0.6 is 0 Å². The minimum absolute atomic E-state index is 0.166. The molecule has 2 aliphatic heterocycles. The second kappa shape index (κ2) is 5.71. The molecule has 4 unspecified atom stereocenters. The molecule has 0 aromatic rings. The van der Waals surface area contributed by atoms with Gasteiger partial charge in [-0.15, -0.1) is 0 Å². The Labute approximate surface area is 118 Å². The van der Waals surface area contributed by atoms with Crippen LogP contribution in [0.2, 0.25) is 0 Å². The third-order valence-corrected chi connectivity index (χ3v) is 4.76. The summed E-state index contributed by atoms with van der Waals surface area (Å²) in [5.74, 6) is 0. The van der Waals surface area contributed by atoms with Crippen LogP contribution in [0.5, 0.6) is 0 Å². The molecule has 2 aliphatic rings. The zero-order valence-corrected chi connectivity index (χ0v) is 13.3. The van der Waals surface area contributed by atoms with Gasteiger partial charge < -0.3 is 14.8 Å². The maximum atomic E-state index is 6.05. The molecular weight excluding hydrogens is 238 g/mol. The molecule has 0 radical (unpaired) electrons. The Morgan fingerprint density at radius 2 is 1.95 bits per heavy atom. The van der Waals surface area contributed by atoms with E-state index in [0.717, 1.165) is 26.0 Å². The quantitative estimate of drug-likeness (QED) is 0.850. The minimum atomic E-state index is 0.166. The fourth-order valence-corrected chi connectivity index (χ4v) is 3.32. The van der Waals surface area contributed by atoms with Crippen LogP contribution in [-0.2, 0) is 9.47 Å². The van der Waals surface area contributed by atoms with Crippen molar-refractivity contribution in [3.05, 3.63) is 0 Å². The standard InChI is InChI=1S/C16H31NO2/c1-12-6-7-14(19-12)10-16(8-9-18-13(16)2)11-17-15(3,4)5/h12-14,17H,6-11H2,1-5H3. The molecule has 2 saturated heterocycles. The first kappa shape index (κ1) is 15.3. The Hall–Kier alpha value is -0.120. The summed E-state index contributed by atoms with van der Waals surface area (Å²) < 4.78 is 11.9. The summed E-state index contributed by atoms with van der Waals surface area (Å²) in [6.45, 7) is 13.0. The van der Waals surface area contributed by atoms with Gasteiger partial charge in [0.1, 0.15) is 0 Å². The molecule has 0 amide bonds. The highest BCUT2D eigenvalue weighted by atomic mass is 16.5. The van der Waals surface area contributed by atoms with Gasteiger partial charge >= 0.3 is 0 Å². The van der Waals surface area contributed by atoms with Crippen molar-refractivity contribution in [2.24, 2.45) is 5.41 Å². The van der Waals surface area contributed by atoms with Crippen molar-refractivity contribution in [1.29, 1.82) is 0 Å². The van der Waals surface area contributed by atoms with Crippen molar-refractivity contribution in [3.8, 4) is 0 Å². The molecule has 0 saturated carbocycles. The molecule has 3 nitrogen and oxygen atoms in total. The van der Waals surface area contributed by atoms with Gasteiger partial charge in [0.15, 0.2) is 0 Å². The topological polar surface area (TPSA) is 30.5 Å². The number of rotatable bonds is 4. The van der Waals surface area contributed by atoms with Gasteiger partial charge in [-0.25, -0.2) is 0 Å². The summed E-state index contributed by atoms with van der Waals surface area (Å²) in [6.07, 6.45) is 5.93. The first-order valence-electron chi connectivity index (χ1n) is 7.83. The van der Waals surface area contributed by atoms with Gasteiger partial charge in [0.05, 0.1) is 18.3 Å². The second-order valence-corrected chi connectivity index (χ2v) is 7.58. The smallest absolute Gasteiger partial charge is 0.0617 e. The van der Waals surface area contributed by atoms with Crippen LogP contribution in [0.25, 0.3) is 0 Å². The third-order valence-electron chi connectivity index (χ3n) is 4.76.